The molecule has 0 aliphatic carbocycles. The average Bonchev–Trinajstić information content (AvgIpc) is 2.64. The van der Waals surface area contributed by atoms with Crippen molar-refractivity contribution in [1.29, 1.82) is 0 Å². The van der Waals surface area contributed by atoms with Crippen LogP contribution in [0.3, 0.4) is 0 Å². The molecule has 0 unspecified atom stereocenters. The van der Waals surface area contributed by atoms with Gasteiger partial charge in [-0.2, -0.15) is 0 Å². The summed E-state index contributed by atoms with van der Waals surface area (Å²) in [7, 11) is 0. The number of hydrogen-bond acceptors (Lipinski definition) is 3. The molecule has 0 saturated carbocycles. The van der Waals surface area contributed by atoms with E-state index in [4.69, 9.17) is 12.2 Å². The first-order valence-electron chi connectivity index (χ1n) is 7.69. The van der Waals surface area contributed by atoms with E-state index in [0.717, 1.165) is 11.1 Å². The molecule has 0 heterocycles. The lowest BCUT2D eigenvalue weighted by molar-refractivity contribution is 0.0978. The summed E-state index contributed by atoms with van der Waals surface area (Å²) in [5, 5.41) is 15.0. The minimum absolute atomic E-state index is 0.166. The fourth-order valence-electron chi connectivity index (χ4n) is 2.33. The molecule has 0 aromatic heterocycles. The van der Waals surface area contributed by atoms with Crippen LogP contribution in [0.2, 0.25) is 0 Å². The number of carbonyl (C=O) groups excluding carboxylic acids is 1. The lowest BCUT2D eigenvalue weighted by atomic mass is 10.0. The molecule has 5 heteroatoms. The predicted molar refractivity (Wildman–Crippen MR) is 104 cm³/mol. The zero-order chi connectivity index (χ0) is 17.6. The first-order chi connectivity index (χ1) is 12.1. The van der Waals surface area contributed by atoms with Gasteiger partial charge in [-0.3, -0.25) is 10.1 Å². The zero-order valence-electron chi connectivity index (χ0n) is 13.3. The number of anilines is 1. The fraction of sp³-hybridized carbons (Fsp3) is 0. The summed E-state index contributed by atoms with van der Waals surface area (Å²) in [4.78, 5) is 12.3. The second-order valence-corrected chi connectivity index (χ2v) is 5.81. The van der Waals surface area contributed by atoms with E-state index in [-0.39, 0.29) is 16.8 Å². The maximum Gasteiger partial charge on any atom is 0.257 e. The number of benzene rings is 3. The van der Waals surface area contributed by atoms with Gasteiger partial charge in [0.05, 0.1) is 0 Å². The van der Waals surface area contributed by atoms with Crippen molar-refractivity contribution in [3.63, 3.8) is 0 Å². The van der Waals surface area contributed by atoms with Gasteiger partial charge < -0.3 is 10.4 Å². The van der Waals surface area contributed by atoms with E-state index in [1.165, 1.54) is 12.1 Å². The van der Waals surface area contributed by atoms with Crippen LogP contribution in [0, 0.1) is 0 Å². The van der Waals surface area contributed by atoms with Gasteiger partial charge in [-0.05, 0) is 59.7 Å². The Morgan fingerprint density at radius 3 is 2.04 bits per heavy atom. The van der Waals surface area contributed by atoms with Crippen molar-refractivity contribution in [2.45, 2.75) is 0 Å². The number of rotatable bonds is 3. The first kappa shape index (κ1) is 16.7. The smallest absolute Gasteiger partial charge is 0.257 e. The summed E-state index contributed by atoms with van der Waals surface area (Å²) in [6.07, 6.45) is 0. The summed E-state index contributed by atoms with van der Waals surface area (Å²) in [6, 6.07) is 23.7. The maximum atomic E-state index is 12.3. The molecule has 0 aliphatic rings. The van der Waals surface area contributed by atoms with Crippen molar-refractivity contribution in [3.05, 3.63) is 84.4 Å². The maximum absolute atomic E-state index is 12.3. The number of nitrogens with one attached hydrogen (secondary N) is 2. The number of carbonyl (C=O) groups is 1. The lowest BCUT2D eigenvalue weighted by Crippen LogP contribution is -2.34. The van der Waals surface area contributed by atoms with Crippen molar-refractivity contribution in [3.8, 4) is 16.9 Å². The highest BCUT2D eigenvalue weighted by Gasteiger charge is 2.08. The largest absolute Gasteiger partial charge is 0.508 e. The number of hydrogen-bond donors (Lipinski definition) is 3. The van der Waals surface area contributed by atoms with E-state index in [9.17, 15) is 9.90 Å². The number of aromatic hydroxyl groups is 1. The number of thiocarbonyl (C=S) groups is 1. The molecule has 0 spiro atoms. The van der Waals surface area contributed by atoms with Crippen LogP contribution in [0.15, 0.2) is 78.9 Å². The molecule has 4 nitrogen and oxygen atoms in total. The van der Waals surface area contributed by atoms with Crippen molar-refractivity contribution >= 4 is 28.9 Å². The summed E-state index contributed by atoms with van der Waals surface area (Å²) in [6.45, 7) is 0. The van der Waals surface area contributed by atoms with Gasteiger partial charge in [0.15, 0.2) is 5.11 Å². The Balaban J connectivity index is 1.63. The molecular weight excluding hydrogens is 332 g/mol. The second kappa shape index (κ2) is 7.59. The van der Waals surface area contributed by atoms with Gasteiger partial charge in [-0.1, -0.05) is 42.5 Å². The van der Waals surface area contributed by atoms with Crippen LogP contribution in [-0.2, 0) is 0 Å². The van der Waals surface area contributed by atoms with Crippen LogP contribution in [0.25, 0.3) is 11.1 Å². The van der Waals surface area contributed by atoms with Gasteiger partial charge in [-0.25, -0.2) is 0 Å². The SMILES string of the molecule is O=C(NC(=S)Nc1ccc(O)cc1)c1ccc(-c2ccccc2)cc1. The van der Waals surface area contributed by atoms with E-state index in [2.05, 4.69) is 10.6 Å². The molecule has 3 N–H and O–H groups in total. The van der Waals surface area contributed by atoms with Crippen LogP contribution in [-0.4, -0.2) is 16.1 Å². The Kier molecular flexibility index (Phi) is 5.06. The Labute approximate surface area is 151 Å². The molecule has 0 fully saturated rings. The van der Waals surface area contributed by atoms with Crippen molar-refractivity contribution in [1.82, 2.24) is 5.32 Å². The molecule has 0 radical (unpaired) electrons. The van der Waals surface area contributed by atoms with E-state index in [1.54, 1.807) is 24.3 Å². The van der Waals surface area contributed by atoms with Crippen LogP contribution < -0.4 is 10.6 Å². The third-order valence-electron chi connectivity index (χ3n) is 3.61. The van der Waals surface area contributed by atoms with Crippen molar-refractivity contribution in [2.75, 3.05) is 5.32 Å². The standard InChI is InChI=1S/C20H16N2O2S/c23-18-12-10-17(11-13-18)21-20(25)22-19(24)16-8-6-15(7-9-16)14-4-2-1-3-5-14/h1-13,23H,(H2,21,22,24,25). The minimum atomic E-state index is -0.282. The van der Waals surface area contributed by atoms with Crippen LogP contribution in [0.5, 0.6) is 5.75 Å². The first-order valence-corrected chi connectivity index (χ1v) is 8.09. The highest BCUT2D eigenvalue weighted by atomic mass is 32.1. The summed E-state index contributed by atoms with van der Waals surface area (Å²) >= 11 is 5.14. The zero-order valence-corrected chi connectivity index (χ0v) is 14.1. The number of phenols is 1. The van der Waals surface area contributed by atoms with Crippen LogP contribution in [0.1, 0.15) is 10.4 Å². The third kappa shape index (κ3) is 4.43. The van der Waals surface area contributed by atoms with E-state index in [1.807, 2.05) is 42.5 Å². The van der Waals surface area contributed by atoms with E-state index in [0.29, 0.717) is 11.3 Å². The average molecular weight is 348 g/mol. The second-order valence-electron chi connectivity index (χ2n) is 5.40. The fourth-order valence-corrected chi connectivity index (χ4v) is 2.54. The molecule has 3 aromatic rings. The molecule has 0 bridgehead atoms. The molecule has 0 atom stereocenters. The number of amides is 1. The summed E-state index contributed by atoms with van der Waals surface area (Å²) in [5.74, 6) is -0.116. The monoisotopic (exact) mass is 348 g/mol. The quantitative estimate of drug-likeness (QED) is 0.491. The van der Waals surface area contributed by atoms with Gasteiger partial charge >= 0.3 is 0 Å². The molecule has 124 valence electrons. The summed E-state index contributed by atoms with van der Waals surface area (Å²) in [5.41, 5.74) is 3.35. The van der Waals surface area contributed by atoms with Gasteiger partial charge in [0.25, 0.3) is 5.91 Å². The van der Waals surface area contributed by atoms with Gasteiger partial charge in [0, 0.05) is 11.3 Å². The van der Waals surface area contributed by atoms with Gasteiger partial charge in [0.2, 0.25) is 0 Å². The Morgan fingerprint density at radius 1 is 0.800 bits per heavy atom. The van der Waals surface area contributed by atoms with Gasteiger partial charge in [0.1, 0.15) is 5.75 Å². The minimum Gasteiger partial charge on any atom is -0.508 e. The van der Waals surface area contributed by atoms with Crippen molar-refractivity contribution < 1.29 is 9.90 Å². The Hall–Kier alpha value is -3.18. The molecule has 1 amide bonds. The Morgan fingerprint density at radius 2 is 1.40 bits per heavy atom. The van der Waals surface area contributed by atoms with E-state index >= 15 is 0 Å². The van der Waals surface area contributed by atoms with E-state index < -0.39 is 0 Å². The van der Waals surface area contributed by atoms with Crippen LogP contribution in [0.4, 0.5) is 5.69 Å². The highest BCUT2D eigenvalue weighted by Crippen LogP contribution is 2.19. The normalized spacial score (nSPS) is 10.1. The highest BCUT2D eigenvalue weighted by molar-refractivity contribution is 7.80. The van der Waals surface area contributed by atoms with Crippen molar-refractivity contribution in [2.24, 2.45) is 0 Å². The predicted octanol–water partition coefficient (Wildman–Crippen LogP) is 4.19. The molecule has 3 aromatic carbocycles. The molecule has 0 saturated heterocycles. The molecule has 3 rings (SSSR count). The topological polar surface area (TPSA) is 61.4 Å². The Bertz CT molecular complexity index is 876. The molecule has 0 aliphatic heterocycles. The third-order valence-corrected chi connectivity index (χ3v) is 3.81. The van der Waals surface area contributed by atoms with Crippen LogP contribution >= 0.6 is 12.2 Å². The summed E-state index contributed by atoms with van der Waals surface area (Å²) < 4.78 is 0. The number of phenolic OH excluding ortho intramolecular Hbond substituents is 1. The van der Waals surface area contributed by atoms with Gasteiger partial charge in [-0.15, -0.1) is 0 Å². The lowest BCUT2D eigenvalue weighted by Gasteiger charge is -2.10. The molecular formula is C20H16N2O2S. The molecule has 25 heavy (non-hydrogen) atoms.